The summed E-state index contributed by atoms with van der Waals surface area (Å²) >= 11 is 0. The minimum Gasteiger partial charge on any atom is -0.322 e. The molecule has 0 aliphatic carbocycles. The van der Waals surface area contributed by atoms with Crippen molar-refractivity contribution < 1.29 is 17.6 Å². The van der Waals surface area contributed by atoms with E-state index in [4.69, 9.17) is 0 Å². The first-order chi connectivity index (χ1) is 12.8. The van der Waals surface area contributed by atoms with Gasteiger partial charge in [0.2, 0.25) is 0 Å². The summed E-state index contributed by atoms with van der Waals surface area (Å²) in [4.78, 5) is 12.4. The van der Waals surface area contributed by atoms with E-state index in [1.54, 1.807) is 43.3 Å². The number of rotatable bonds is 5. The van der Waals surface area contributed by atoms with E-state index in [1.807, 2.05) is 0 Å². The molecule has 0 saturated heterocycles. The quantitative estimate of drug-likeness (QED) is 0.693. The van der Waals surface area contributed by atoms with Crippen LogP contribution < -0.4 is 10.0 Å². The molecule has 0 saturated carbocycles. The first-order valence-electron chi connectivity index (χ1n) is 8.10. The van der Waals surface area contributed by atoms with E-state index < -0.39 is 21.7 Å². The normalized spacial score (nSPS) is 11.0. The molecule has 0 atom stereocenters. The molecule has 3 aromatic carbocycles. The first-order valence-corrected chi connectivity index (χ1v) is 9.59. The Bertz CT molecular complexity index is 1070. The number of para-hydroxylation sites is 1. The van der Waals surface area contributed by atoms with Crippen LogP contribution in [0.2, 0.25) is 0 Å². The lowest BCUT2D eigenvalue weighted by atomic mass is 10.1. The summed E-state index contributed by atoms with van der Waals surface area (Å²) in [6.07, 6.45) is 0. The van der Waals surface area contributed by atoms with Crippen molar-refractivity contribution in [2.45, 2.75) is 11.8 Å². The summed E-state index contributed by atoms with van der Waals surface area (Å²) in [5.41, 5.74) is 1.79. The van der Waals surface area contributed by atoms with Gasteiger partial charge >= 0.3 is 0 Å². The highest BCUT2D eigenvalue weighted by atomic mass is 32.2. The highest BCUT2D eigenvalue weighted by Gasteiger charge is 2.15. The third-order valence-electron chi connectivity index (χ3n) is 3.90. The average molecular weight is 384 g/mol. The van der Waals surface area contributed by atoms with Gasteiger partial charge in [0.15, 0.2) is 0 Å². The molecular formula is C20H17FN2O3S. The predicted molar refractivity (Wildman–Crippen MR) is 103 cm³/mol. The van der Waals surface area contributed by atoms with Crippen molar-refractivity contribution in [2.24, 2.45) is 0 Å². The molecule has 0 unspecified atom stereocenters. The topological polar surface area (TPSA) is 75.3 Å². The second-order valence-corrected chi connectivity index (χ2v) is 7.59. The molecule has 0 aromatic heterocycles. The molecule has 0 aliphatic heterocycles. The predicted octanol–water partition coefficient (Wildman–Crippen LogP) is 4.19. The first kappa shape index (κ1) is 18.6. The summed E-state index contributed by atoms with van der Waals surface area (Å²) in [7, 11) is -3.76. The molecule has 1 amide bonds. The molecule has 3 rings (SSSR count). The van der Waals surface area contributed by atoms with E-state index in [-0.39, 0.29) is 10.5 Å². The molecule has 27 heavy (non-hydrogen) atoms. The molecule has 0 fully saturated rings. The van der Waals surface area contributed by atoms with Gasteiger partial charge in [0, 0.05) is 16.9 Å². The molecule has 2 N–H and O–H groups in total. The molecule has 0 heterocycles. The number of hydrogen-bond acceptors (Lipinski definition) is 3. The zero-order valence-corrected chi connectivity index (χ0v) is 15.3. The van der Waals surface area contributed by atoms with Gasteiger partial charge in [0.05, 0.1) is 4.90 Å². The highest BCUT2D eigenvalue weighted by Crippen LogP contribution is 2.19. The van der Waals surface area contributed by atoms with Crippen molar-refractivity contribution in [1.82, 2.24) is 0 Å². The van der Waals surface area contributed by atoms with Crippen LogP contribution in [0.4, 0.5) is 15.8 Å². The van der Waals surface area contributed by atoms with Gasteiger partial charge in [-0.15, -0.1) is 0 Å². The van der Waals surface area contributed by atoms with Crippen molar-refractivity contribution in [3.05, 3.63) is 89.7 Å². The number of sulfonamides is 1. The number of hydrogen-bond donors (Lipinski definition) is 2. The van der Waals surface area contributed by atoms with Gasteiger partial charge in [-0.1, -0.05) is 24.3 Å². The van der Waals surface area contributed by atoms with Gasteiger partial charge < -0.3 is 5.32 Å². The van der Waals surface area contributed by atoms with Crippen LogP contribution in [0.3, 0.4) is 0 Å². The number of nitrogens with one attached hydrogen (secondary N) is 2. The maximum atomic E-state index is 13.3. The van der Waals surface area contributed by atoms with Gasteiger partial charge in [-0.3, -0.25) is 9.52 Å². The molecule has 0 radical (unpaired) electrons. The van der Waals surface area contributed by atoms with E-state index in [0.717, 1.165) is 5.56 Å². The molecule has 5 nitrogen and oxygen atoms in total. The van der Waals surface area contributed by atoms with Gasteiger partial charge in [-0.25, -0.2) is 12.8 Å². The Morgan fingerprint density at radius 3 is 2.26 bits per heavy atom. The number of aryl methyl sites for hydroxylation is 1. The summed E-state index contributed by atoms with van der Waals surface area (Å²) in [5, 5.41) is 2.62. The highest BCUT2D eigenvalue weighted by molar-refractivity contribution is 7.92. The average Bonchev–Trinajstić information content (AvgIpc) is 2.65. The fourth-order valence-electron chi connectivity index (χ4n) is 2.43. The van der Waals surface area contributed by atoms with E-state index >= 15 is 0 Å². The third kappa shape index (κ3) is 4.51. The van der Waals surface area contributed by atoms with Crippen molar-refractivity contribution in [2.75, 3.05) is 10.0 Å². The zero-order chi connectivity index (χ0) is 19.4. The standard InChI is InChI=1S/C20H17FN2O3S/c1-14-7-10-16(21)13-19(14)22-20(24)15-8-11-18(12-9-15)27(25,26)23-17-5-3-2-4-6-17/h2-13,23H,1H3,(H,22,24). The van der Waals surface area contributed by atoms with Gasteiger partial charge in [-0.05, 0) is 61.0 Å². The Labute approximate surface area is 156 Å². The number of anilines is 2. The maximum Gasteiger partial charge on any atom is 0.261 e. The number of benzene rings is 3. The van der Waals surface area contributed by atoms with E-state index in [2.05, 4.69) is 10.0 Å². The minimum atomic E-state index is -3.76. The molecule has 0 bridgehead atoms. The van der Waals surface area contributed by atoms with Crippen LogP contribution in [0.1, 0.15) is 15.9 Å². The minimum absolute atomic E-state index is 0.0323. The van der Waals surface area contributed by atoms with Crippen LogP contribution in [0.15, 0.2) is 77.7 Å². The summed E-state index contributed by atoms with van der Waals surface area (Å²) < 4.78 is 40.6. The molecule has 0 aliphatic rings. The van der Waals surface area contributed by atoms with E-state index in [1.165, 1.54) is 36.4 Å². The van der Waals surface area contributed by atoms with Crippen LogP contribution in [-0.4, -0.2) is 14.3 Å². The molecule has 138 valence electrons. The van der Waals surface area contributed by atoms with Crippen LogP contribution in [0, 0.1) is 12.7 Å². The lowest BCUT2D eigenvalue weighted by Gasteiger charge is -2.10. The number of carbonyl (C=O) groups is 1. The van der Waals surface area contributed by atoms with Crippen molar-refractivity contribution >= 4 is 27.3 Å². The number of carbonyl (C=O) groups excluding carboxylic acids is 1. The SMILES string of the molecule is Cc1ccc(F)cc1NC(=O)c1ccc(S(=O)(=O)Nc2ccccc2)cc1. The number of amides is 1. The largest absolute Gasteiger partial charge is 0.322 e. The van der Waals surface area contributed by atoms with Gasteiger partial charge in [-0.2, -0.15) is 0 Å². The lowest BCUT2D eigenvalue weighted by molar-refractivity contribution is 0.102. The Hall–Kier alpha value is -3.19. The Balaban J connectivity index is 1.76. The monoisotopic (exact) mass is 384 g/mol. The van der Waals surface area contributed by atoms with E-state index in [9.17, 15) is 17.6 Å². The van der Waals surface area contributed by atoms with Crippen molar-refractivity contribution in [3.63, 3.8) is 0 Å². The number of halogens is 1. The summed E-state index contributed by atoms with van der Waals surface area (Å²) in [6, 6.07) is 18.1. The molecular weight excluding hydrogens is 367 g/mol. The second-order valence-electron chi connectivity index (χ2n) is 5.91. The maximum absolute atomic E-state index is 13.3. The second kappa shape index (κ2) is 7.59. The van der Waals surface area contributed by atoms with E-state index in [0.29, 0.717) is 11.4 Å². The van der Waals surface area contributed by atoms with Crippen molar-refractivity contribution in [3.8, 4) is 0 Å². The smallest absolute Gasteiger partial charge is 0.261 e. The molecule has 3 aromatic rings. The van der Waals surface area contributed by atoms with Crippen LogP contribution in [0.5, 0.6) is 0 Å². The zero-order valence-electron chi connectivity index (χ0n) is 14.4. The van der Waals surface area contributed by atoms with Crippen LogP contribution >= 0.6 is 0 Å². The fraction of sp³-hybridized carbons (Fsp3) is 0.0500. The summed E-state index contributed by atoms with van der Waals surface area (Å²) in [5.74, 6) is -0.909. The Morgan fingerprint density at radius 1 is 0.926 bits per heavy atom. The van der Waals surface area contributed by atoms with Gasteiger partial charge in [0.1, 0.15) is 5.82 Å². The Morgan fingerprint density at radius 2 is 1.59 bits per heavy atom. The van der Waals surface area contributed by atoms with Gasteiger partial charge in [0.25, 0.3) is 15.9 Å². The lowest BCUT2D eigenvalue weighted by Crippen LogP contribution is -2.15. The van der Waals surface area contributed by atoms with Crippen LogP contribution in [-0.2, 0) is 10.0 Å². The van der Waals surface area contributed by atoms with Crippen molar-refractivity contribution in [1.29, 1.82) is 0 Å². The third-order valence-corrected chi connectivity index (χ3v) is 5.30. The summed E-state index contributed by atoms with van der Waals surface area (Å²) in [6.45, 7) is 1.75. The van der Waals surface area contributed by atoms with Crippen LogP contribution in [0.25, 0.3) is 0 Å². The molecule has 7 heteroatoms. The Kier molecular flexibility index (Phi) is 5.23. The fourth-order valence-corrected chi connectivity index (χ4v) is 3.49. The molecule has 0 spiro atoms.